The second-order valence-corrected chi connectivity index (χ2v) is 6.20. The number of anilines is 1. The lowest BCUT2D eigenvalue weighted by atomic mass is 9.95. The minimum atomic E-state index is -0.989. The van der Waals surface area contributed by atoms with Crippen molar-refractivity contribution in [1.29, 1.82) is 0 Å². The van der Waals surface area contributed by atoms with Crippen LogP contribution >= 0.6 is 11.3 Å². The van der Waals surface area contributed by atoms with Crippen molar-refractivity contribution in [3.63, 3.8) is 0 Å². The van der Waals surface area contributed by atoms with E-state index in [0.29, 0.717) is 5.13 Å². The Kier molecular flexibility index (Phi) is 4.39. The standard InChI is InChI=1S/C15H18N2O2S/c1-15(2,9-8-11-6-4-3-5-7-11)17-14-16-12(10-20-14)13(18)19/h3-7,10H,8-9H2,1-2H3,(H,16,17)(H,18,19). The molecule has 0 saturated carbocycles. The summed E-state index contributed by atoms with van der Waals surface area (Å²) in [6.45, 7) is 4.19. The van der Waals surface area contributed by atoms with Crippen molar-refractivity contribution in [3.8, 4) is 0 Å². The van der Waals surface area contributed by atoms with E-state index in [1.807, 2.05) is 18.2 Å². The van der Waals surface area contributed by atoms with E-state index >= 15 is 0 Å². The van der Waals surface area contributed by atoms with E-state index in [4.69, 9.17) is 5.11 Å². The van der Waals surface area contributed by atoms with Crippen LogP contribution in [0.1, 0.15) is 36.3 Å². The highest BCUT2D eigenvalue weighted by atomic mass is 32.1. The van der Waals surface area contributed by atoms with Crippen LogP contribution in [-0.4, -0.2) is 21.6 Å². The van der Waals surface area contributed by atoms with Crippen molar-refractivity contribution in [2.24, 2.45) is 0 Å². The Labute approximate surface area is 122 Å². The number of nitrogens with zero attached hydrogens (tertiary/aromatic N) is 1. The molecule has 0 radical (unpaired) electrons. The van der Waals surface area contributed by atoms with E-state index < -0.39 is 5.97 Å². The number of aromatic nitrogens is 1. The summed E-state index contributed by atoms with van der Waals surface area (Å²) in [5.74, 6) is -0.989. The molecule has 0 saturated heterocycles. The van der Waals surface area contributed by atoms with E-state index in [1.54, 1.807) is 5.38 Å². The molecule has 106 valence electrons. The van der Waals surface area contributed by atoms with Gasteiger partial charge in [0.2, 0.25) is 0 Å². The van der Waals surface area contributed by atoms with Gasteiger partial charge in [-0.05, 0) is 32.3 Å². The van der Waals surface area contributed by atoms with Gasteiger partial charge in [0.05, 0.1) is 0 Å². The average Bonchev–Trinajstić information content (AvgIpc) is 2.86. The fourth-order valence-corrected chi connectivity index (χ4v) is 2.75. The fourth-order valence-electron chi connectivity index (χ4n) is 1.88. The van der Waals surface area contributed by atoms with Crippen LogP contribution in [0.3, 0.4) is 0 Å². The number of thiazole rings is 1. The summed E-state index contributed by atoms with van der Waals surface area (Å²) < 4.78 is 0. The van der Waals surface area contributed by atoms with Gasteiger partial charge in [-0.1, -0.05) is 30.3 Å². The highest BCUT2D eigenvalue weighted by Gasteiger charge is 2.19. The number of carboxylic acid groups (broad SMARTS) is 1. The number of hydrogen-bond donors (Lipinski definition) is 2. The smallest absolute Gasteiger partial charge is 0.355 e. The third-order valence-electron chi connectivity index (χ3n) is 3.05. The van der Waals surface area contributed by atoms with Crippen LogP contribution in [0.5, 0.6) is 0 Å². The first-order valence-corrected chi connectivity index (χ1v) is 7.35. The minimum absolute atomic E-state index is 0.0939. The molecule has 1 heterocycles. The van der Waals surface area contributed by atoms with Gasteiger partial charge in [0, 0.05) is 10.9 Å². The fraction of sp³-hybridized carbons (Fsp3) is 0.333. The second kappa shape index (κ2) is 6.05. The third-order valence-corrected chi connectivity index (χ3v) is 3.81. The first-order valence-electron chi connectivity index (χ1n) is 6.47. The van der Waals surface area contributed by atoms with Crippen molar-refractivity contribution >= 4 is 22.4 Å². The molecule has 4 nitrogen and oxygen atoms in total. The topological polar surface area (TPSA) is 62.2 Å². The van der Waals surface area contributed by atoms with Crippen LogP contribution in [-0.2, 0) is 6.42 Å². The molecule has 5 heteroatoms. The van der Waals surface area contributed by atoms with E-state index in [9.17, 15) is 4.79 Å². The first-order chi connectivity index (χ1) is 9.46. The van der Waals surface area contributed by atoms with Crippen molar-refractivity contribution in [1.82, 2.24) is 4.98 Å². The monoisotopic (exact) mass is 290 g/mol. The lowest BCUT2D eigenvalue weighted by Gasteiger charge is -2.26. The summed E-state index contributed by atoms with van der Waals surface area (Å²) >= 11 is 1.32. The lowest BCUT2D eigenvalue weighted by Crippen LogP contribution is -2.31. The third kappa shape index (κ3) is 4.06. The SMILES string of the molecule is CC(C)(CCc1ccccc1)Nc1nc(C(=O)O)cs1. The summed E-state index contributed by atoms with van der Waals surface area (Å²) in [7, 11) is 0. The minimum Gasteiger partial charge on any atom is -0.476 e. The van der Waals surface area contributed by atoms with Gasteiger partial charge in [-0.2, -0.15) is 0 Å². The molecule has 0 fully saturated rings. The number of rotatable bonds is 6. The summed E-state index contributed by atoms with van der Waals surface area (Å²) in [6.07, 6.45) is 1.91. The van der Waals surface area contributed by atoms with Crippen LogP contribution in [0.4, 0.5) is 5.13 Å². The van der Waals surface area contributed by atoms with Gasteiger partial charge in [0.1, 0.15) is 0 Å². The molecule has 0 aliphatic rings. The Bertz CT molecular complexity index is 579. The van der Waals surface area contributed by atoms with Gasteiger partial charge in [0.15, 0.2) is 10.8 Å². The van der Waals surface area contributed by atoms with Gasteiger partial charge < -0.3 is 10.4 Å². The van der Waals surface area contributed by atoms with E-state index in [1.165, 1.54) is 16.9 Å². The molecular weight excluding hydrogens is 272 g/mol. The zero-order chi connectivity index (χ0) is 14.6. The van der Waals surface area contributed by atoms with Gasteiger partial charge in [-0.3, -0.25) is 0 Å². The molecule has 0 amide bonds. The van der Waals surface area contributed by atoms with E-state index in [2.05, 4.69) is 36.3 Å². The molecule has 0 bridgehead atoms. The van der Waals surface area contributed by atoms with Crippen LogP contribution < -0.4 is 5.32 Å². The maximum absolute atomic E-state index is 10.8. The summed E-state index contributed by atoms with van der Waals surface area (Å²) in [6, 6.07) is 10.3. The molecule has 1 aromatic heterocycles. The van der Waals surface area contributed by atoms with Gasteiger partial charge in [-0.15, -0.1) is 11.3 Å². The summed E-state index contributed by atoms with van der Waals surface area (Å²) in [5, 5.41) is 14.4. The van der Waals surface area contributed by atoms with Crippen molar-refractivity contribution < 1.29 is 9.90 Å². The highest BCUT2D eigenvalue weighted by Crippen LogP contribution is 2.23. The van der Waals surface area contributed by atoms with Gasteiger partial charge >= 0.3 is 5.97 Å². The number of hydrogen-bond acceptors (Lipinski definition) is 4. The van der Waals surface area contributed by atoms with Crippen LogP contribution in [0.25, 0.3) is 0 Å². The Balaban J connectivity index is 1.94. The number of aryl methyl sites for hydroxylation is 1. The van der Waals surface area contributed by atoms with Gasteiger partial charge in [-0.25, -0.2) is 9.78 Å². The molecule has 0 spiro atoms. The molecule has 1 aromatic carbocycles. The van der Waals surface area contributed by atoms with E-state index in [0.717, 1.165) is 12.8 Å². The highest BCUT2D eigenvalue weighted by molar-refractivity contribution is 7.13. The molecule has 0 aliphatic carbocycles. The molecule has 20 heavy (non-hydrogen) atoms. The largest absolute Gasteiger partial charge is 0.476 e. The summed E-state index contributed by atoms with van der Waals surface area (Å²) in [4.78, 5) is 14.9. The maximum Gasteiger partial charge on any atom is 0.355 e. The number of benzene rings is 1. The van der Waals surface area contributed by atoms with Crippen molar-refractivity contribution in [3.05, 3.63) is 47.0 Å². The predicted molar refractivity (Wildman–Crippen MR) is 81.5 cm³/mol. The lowest BCUT2D eigenvalue weighted by molar-refractivity contribution is 0.0691. The number of aromatic carboxylic acids is 1. The summed E-state index contributed by atoms with van der Waals surface area (Å²) in [5.41, 5.74) is 1.26. The zero-order valence-corrected chi connectivity index (χ0v) is 12.4. The molecular formula is C15H18N2O2S. The molecule has 0 aliphatic heterocycles. The Morgan fingerprint density at radius 3 is 2.65 bits per heavy atom. The van der Waals surface area contributed by atoms with Crippen LogP contribution in [0.2, 0.25) is 0 Å². The Morgan fingerprint density at radius 2 is 2.05 bits per heavy atom. The molecule has 2 N–H and O–H groups in total. The quantitative estimate of drug-likeness (QED) is 0.852. The van der Waals surface area contributed by atoms with E-state index in [-0.39, 0.29) is 11.2 Å². The Morgan fingerprint density at radius 1 is 1.35 bits per heavy atom. The van der Waals surface area contributed by atoms with Crippen LogP contribution in [0, 0.1) is 0 Å². The molecule has 2 aromatic rings. The predicted octanol–water partition coefficient (Wildman–Crippen LogP) is 3.66. The zero-order valence-electron chi connectivity index (χ0n) is 11.6. The molecule has 0 atom stereocenters. The normalized spacial score (nSPS) is 11.3. The van der Waals surface area contributed by atoms with Crippen molar-refractivity contribution in [2.45, 2.75) is 32.2 Å². The second-order valence-electron chi connectivity index (χ2n) is 5.34. The van der Waals surface area contributed by atoms with Crippen LogP contribution in [0.15, 0.2) is 35.7 Å². The number of nitrogens with one attached hydrogen (secondary N) is 1. The maximum atomic E-state index is 10.8. The molecule has 0 unspecified atom stereocenters. The molecule has 2 rings (SSSR count). The first kappa shape index (κ1) is 14.5. The number of carboxylic acids is 1. The number of carbonyl (C=O) groups is 1. The Hall–Kier alpha value is -1.88. The average molecular weight is 290 g/mol. The van der Waals surface area contributed by atoms with Gasteiger partial charge in [0.25, 0.3) is 0 Å². The van der Waals surface area contributed by atoms with Crippen molar-refractivity contribution in [2.75, 3.05) is 5.32 Å².